The van der Waals surface area contributed by atoms with E-state index in [1.165, 1.54) is 10.7 Å². The van der Waals surface area contributed by atoms with Crippen LogP contribution in [0.2, 0.25) is 0 Å². The van der Waals surface area contributed by atoms with Crippen LogP contribution in [0, 0.1) is 12.8 Å². The minimum atomic E-state index is -1.08. The summed E-state index contributed by atoms with van der Waals surface area (Å²) in [5.41, 5.74) is 1.40. The minimum absolute atomic E-state index is 0.00918. The zero-order valence-corrected chi connectivity index (χ0v) is 19.9. The summed E-state index contributed by atoms with van der Waals surface area (Å²) in [4.78, 5) is 24.5. The van der Waals surface area contributed by atoms with Gasteiger partial charge in [-0.15, -0.1) is 0 Å². The van der Waals surface area contributed by atoms with Crippen LogP contribution in [-0.4, -0.2) is 44.1 Å². The highest BCUT2D eigenvalue weighted by molar-refractivity contribution is 5.93. The van der Waals surface area contributed by atoms with E-state index in [0.29, 0.717) is 17.1 Å². The van der Waals surface area contributed by atoms with E-state index in [1.54, 1.807) is 19.1 Å². The first-order valence-corrected chi connectivity index (χ1v) is 11.2. The molecule has 0 unspecified atom stereocenters. The Labute approximate surface area is 199 Å². The maximum atomic E-state index is 13.1. The fraction of sp³-hybridized carbons (Fsp3) is 0.346. The lowest BCUT2D eigenvalue weighted by molar-refractivity contribution is -0.137. The number of hydrogen-bond donors (Lipinski definition) is 3. The highest BCUT2D eigenvalue weighted by atomic mass is 16.5. The lowest BCUT2D eigenvalue weighted by Gasteiger charge is -2.27. The summed E-state index contributed by atoms with van der Waals surface area (Å²) in [6, 6.07) is 17.3. The Hall–Kier alpha value is -3.65. The molecule has 0 fully saturated rings. The highest BCUT2D eigenvalue weighted by Gasteiger charge is 2.28. The molecule has 34 heavy (non-hydrogen) atoms. The molecule has 0 aliphatic carbocycles. The second kappa shape index (κ2) is 10.5. The van der Waals surface area contributed by atoms with Crippen LogP contribution < -0.4 is 10.1 Å². The molecule has 0 radical (unpaired) electrons. The largest absolute Gasteiger partial charge is 0.481 e. The Morgan fingerprint density at radius 1 is 1.12 bits per heavy atom. The summed E-state index contributed by atoms with van der Waals surface area (Å²) in [6.45, 7) is 7.42. The quantitative estimate of drug-likeness (QED) is 0.418. The first kappa shape index (κ1) is 25.0. The molecule has 0 aliphatic heterocycles. The van der Waals surface area contributed by atoms with E-state index in [-0.39, 0.29) is 24.6 Å². The van der Waals surface area contributed by atoms with E-state index in [2.05, 4.69) is 10.4 Å². The smallest absolute Gasteiger partial charge is 0.305 e. The van der Waals surface area contributed by atoms with Gasteiger partial charge in [0, 0.05) is 6.07 Å². The van der Waals surface area contributed by atoms with Gasteiger partial charge >= 0.3 is 5.97 Å². The van der Waals surface area contributed by atoms with E-state index in [0.717, 1.165) is 5.56 Å². The van der Waals surface area contributed by atoms with Crippen LogP contribution in [0.3, 0.4) is 0 Å². The van der Waals surface area contributed by atoms with Gasteiger partial charge in [-0.25, -0.2) is 4.68 Å². The number of aromatic nitrogens is 2. The van der Waals surface area contributed by atoms with E-state index in [4.69, 9.17) is 4.74 Å². The van der Waals surface area contributed by atoms with Gasteiger partial charge in [0.15, 0.2) is 5.69 Å². The molecule has 1 aromatic heterocycles. The number of ether oxygens (including phenoxy) is 1. The zero-order valence-electron chi connectivity index (χ0n) is 19.9. The molecule has 3 N–H and O–H groups in total. The number of carbonyl (C=O) groups excluding carboxylic acids is 1. The molecule has 1 heterocycles. The number of benzene rings is 2. The molecule has 0 spiro atoms. The average molecular weight is 466 g/mol. The summed E-state index contributed by atoms with van der Waals surface area (Å²) >= 11 is 0. The van der Waals surface area contributed by atoms with Crippen molar-refractivity contribution in [2.45, 2.75) is 45.8 Å². The number of para-hydroxylation sites is 1. The molecular formula is C26H31N3O5. The van der Waals surface area contributed by atoms with Crippen molar-refractivity contribution in [3.63, 3.8) is 0 Å². The molecule has 8 heteroatoms. The fourth-order valence-corrected chi connectivity index (χ4v) is 3.18. The predicted octanol–water partition coefficient (Wildman–Crippen LogP) is 3.91. The molecule has 0 aliphatic rings. The fourth-order valence-electron chi connectivity index (χ4n) is 3.18. The number of carbonyl (C=O) groups is 2. The predicted molar refractivity (Wildman–Crippen MR) is 128 cm³/mol. The Kier molecular flexibility index (Phi) is 7.73. The van der Waals surface area contributed by atoms with Crippen molar-refractivity contribution in [3.05, 3.63) is 77.5 Å². The van der Waals surface area contributed by atoms with E-state index < -0.39 is 23.5 Å². The van der Waals surface area contributed by atoms with Gasteiger partial charge in [0.1, 0.15) is 6.61 Å². The molecule has 8 nitrogen and oxygen atoms in total. The van der Waals surface area contributed by atoms with Gasteiger partial charge in [-0.3, -0.25) is 9.59 Å². The second-order valence-corrected chi connectivity index (χ2v) is 8.95. The first-order chi connectivity index (χ1) is 16.1. The third kappa shape index (κ3) is 6.23. The number of carboxylic acids is 1. The van der Waals surface area contributed by atoms with Gasteiger partial charge in [-0.1, -0.05) is 61.9 Å². The van der Waals surface area contributed by atoms with Crippen LogP contribution in [-0.2, 0) is 4.79 Å². The molecule has 0 saturated heterocycles. The number of carboxylic acid groups (broad SMARTS) is 1. The van der Waals surface area contributed by atoms with Crippen LogP contribution >= 0.6 is 0 Å². The molecule has 0 bridgehead atoms. The first-order valence-electron chi connectivity index (χ1n) is 11.2. The zero-order chi connectivity index (χ0) is 24.9. The van der Waals surface area contributed by atoms with E-state index >= 15 is 0 Å². The van der Waals surface area contributed by atoms with Crippen molar-refractivity contribution < 1.29 is 24.5 Å². The average Bonchev–Trinajstić information content (AvgIpc) is 3.22. The molecule has 1 amide bonds. The van der Waals surface area contributed by atoms with Gasteiger partial charge in [-0.05, 0) is 37.5 Å². The van der Waals surface area contributed by atoms with Gasteiger partial charge in [0.2, 0.25) is 5.88 Å². The lowest BCUT2D eigenvalue weighted by atomic mass is 9.94. The molecule has 2 atom stereocenters. The minimum Gasteiger partial charge on any atom is -0.481 e. The van der Waals surface area contributed by atoms with Crippen LogP contribution in [0.1, 0.15) is 54.8 Å². The topological polar surface area (TPSA) is 114 Å². The van der Waals surface area contributed by atoms with Gasteiger partial charge in [0.05, 0.1) is 23.8 Å². The summed E-state index contributed by atoms with van der Waals surface area (Å²) < 4.78 is 7.38. The summed E-state index contributed by atoms with van der Waals surface area (Å²) in [6.07, 6.45) is -0.269. The van der Waals surface area contributed by atoms with Crippen molar-refractivity contribution in [1.82, 2.24) is 15.1 Å². The summed E-state index contributed by atoms with van der Waals surface area (Å²) in [5, 5.41) is 27.1. The van der Waals surface area contributed by atoms with E-state index in [1.807, 2.05) is 63.2 Å². The van der Waals surface area contributed by atoms with Crippen molar-refractivity contribution >= 4 is 11.9 Å². The van der Waals surface area contributed by atoms with Crippen molar-refractivity contribution in [2.24, 2.45) is 5.92 Å². The Bertz CT molecular complexity index is 1120. The van der Waals surface area contributed by atoms with Crippen molar-refractivity contribution in [2.75, 3.05) is 6.61 Å². The van der Waals surface area contributed by atoms with Crippen LogP contribution in [0.25, 0.3) is 5.69 Å². The third-order valence-electron chi connectivity index (χ3n) is 5.83. The number of aliphatic hydroxyl groups is 1. The third-order valence-corrected chi connectivity index (χ3v) is 5.83. The number of aliphatic carboxylic acids is 1. The molecule has 2 aromatic carbocycles. The number of aryl methyl sites for hydroxylation is 1. The van der Waals surface area contributed by atoms with Crippen molar-refractivity contribution in [3.8, 4) is 11.6 Å². The van der Waals surface area contributed by atoms with Crippen LogP contribution in [0.15, 0.2) is 60.7 Å². The maximum absolute atomic E-state index is 13.1. The van der Waals surface area contributed by atoms with Crippen molar-refractivity contribution in [1.29, 1.82) is 0 Å². The molecule has 3 aromatic rings. The van der Waals surface area contributed by atoms with Gasteiger partial charge in [0.25, 0.3) is 5.91 Å². The number of amides is 1. The Morgan fingerprint density at radius 2 is 1.76 bits per heavy atom. The van der Waals surface area contributed by atoms with Crippen LogP contribution in [0.4, 0.5) is 0 Å². The Balaban J connectivity index is 1.89. The number of rotatable bonds is 10. The Morgan fingerprint density at radius 3 is 2.35 bits per heavy atom. The molecular weight excluding hydrogens is 434 g/mol. The summed E-state index contributed by atoms with van der Waals surface area (Å²) in [5.74, 6) is -1.31. The number of nitrogens with zero attached hydrogens (tertiary/aromatic N) is 2. The number of nitrogens with one attached hydrogen (secondary N) is 1. The lowest BCUT2D eigenvalue weighted by Crippen LogP contribution is -2.38. The SMILES string of the molecule is Cc1ccc([C@H](CC(=O)O)NC(=O)c2cc(OC[C@@](C)(O)C(C)C)n(-c3ccccc3)n2)cc1. The molecule has 3 rings (SSSR count). The monoisotopic (exact) mass is 465 g/mol. The van der Waals surface area contributed by atoms with E-state index in [9.17, 15) is 19.8 Å². The summed E-state index contributed by atoms with van der Waals surface area (Å²) in [7, 11) is 0. The normalized spacial score (nSPS) is 13.8. The number of hydrogen-bond acceptors (Lipinski definition) is 5. The second-order valence-electron chi connectivity index (χ2n) is 8.95. The van der Waals surface area contributed by atoms with Crippen LogP contribution in [0.5, 0.6) is 5.88 Å². The highest BCUT2D eigenvalue weighted by Crippen LogP contribution is 2.24. The molecule has 180 valence electrons. The van der Waals surface area contributed by atoms with Gasteiger partial charge < -0.3 is 20.3 Å². The molecule has 0 saturated carbocycles. The maximum Gasteiger partial charge on any atom is 0.305 e. The standard InChI is InChI=1S/C26H31N3O5/c1-17(2)26(4,33)16-34-23-14-22(28-29(23)20-8-6-5-7-9-20)25(32)27-21(15-24(30)31)19-12-10-18(3)11-13-19/h5-14,17,21,33H,15-16H2,1-4H3,(H,27,32)(H,30,31)/t21-,26+/m0/s1. The van der Waals surface area contributed by atoms with Gasteiger partial charge in [-0.2, -0.15) is 5.10 Å².